The summed E-state index contributed by atoms with van der Waals surface area (Å²) < 4.78 is 24.6. The first-order valence-corrected chi connectivity index (χ1v) is 12.0. The molecule has 0 aliphatic carbocycles. The highest BCUT2D eigenvalue weighted by Gasteiger charge is 2.28. The van der Waals surface area contributed by atoms with Gasteiger partial charge in [-0.2, -0.15) is 0 Å². The lowest BCUT2D eigenvalue weighted by Gasteiger charge is -2.36. The number of nitrogens with zero attached hydrogens (tertiary/aromatic N) is 3. The average molecular weight is 429 g/mol. The summed E-state index contributed by atoms with van der Waals surface area (Å²) in [6, 6.07) is 7.93. The summed E-state index contributed by atoms with van der Waals surface area (Å²) in [5.74, 6) is -0.0345. The van der Waals surface area contributed by atoms with Crippen molar-refractivity contribution in [2.24, 2.45) is 5.92 Å². The van der Waals surface area contributed by atoms with E-state index in [-0.39, 0.29) is 11.8 Å². The molecule has 0 unspecified atom stereocenters. The van der Waals surface area contributed by atoms with Crippen LogP contribution in [0.5, 0.6) is 0 Å². The fraction of sp³-hybridized carbons (Fsp3) is 0.632. The second kappa shape index (κ2) is 9.43. The highest BCUT2D eigenvalue weighted by atomic mass is 35.5. The third-order valence-electron chi connectivity index (χ3n) is 5.59. The SMILES string of the molecule is CS(=O)(=O)N1CCC(C(=O)NCCN2CCN(c3ccc(Cl)cc3)CC2)CC1. The van der Waals surface area contributed by atoms with Crippen LogP contribution >= 0.6 is 11.6 Å². The third-order valence-corrected chi connectivity index (χ3v) is 7.14. The number of piperidine rings is 1. The first kappa shape index (κ1) is 21.4. The van der Waals surface area contributed by atoms with Crippen molar-refractivity contribution in [3.8, 4) is 0 Å². The zero-order chi connectivity index (χ0) is 20.1. The Kier molecular flexibility index (Phi) is 7.20. The molecular weight excluding hydrogens is 400 g/mol. The van der Waals surface area contributed by atoms with Gasteiger partial charge in [-0.1, -0.05) is 11.6 Å². The topological polar surface area (TPSA) is 73.0 Å². The van der Waals surface area contributed by atoms with Gasteiger partial charge in [0.15, 0.2) is 0 Å². The Balaban J connectivity index is 1.34. The van der Waals surface area contributed by atoms with E-state index in [9.17, 15) is 13.2 Å². The molecule has 1 N–H and O–H groups in total. The van der Waals surface area contributed by atoms with Crippen molar-refractivity contribution in [2.75, 3.05) is 63.5 Å². The van der Waals surface area contributed by atoms with E-state index in [1.165, 1.54) is 16.2 Å². The molecule has 0 aromatic heterocycles. The largest absolute Gasteiger partial charge is 0.369 e. The molecule has 0 radical (unpaired) electrons. The molecule has 2 aliphatic heterocycles. The molecular formula is C19H29ClN4O3S. The van der Waals surface area contributed by atoms with Gasteiger partial charge in [-0.15, -0.1) is 0 Å². The Morgan fingerprint density at radius 1 is 1.07 bits per heavy atom. The Bertz CT molecular complexity index is 756. The van der Waals surface area contributed by atoms with Crippen LogP contribution in [0.25, 0.3) is 0 Å². The molecule has 3 rings (SSSR count). The van der Waals surface area contributed by atoms with E-state index in [1.54, 1.807) is 0 Å². The van der Waals surface area contributed by atoms with Crippen molar-refractivity contribution in [3.63, 3.8) is 0 Å². The molecule has 0 saturated carbocycles. The Morgan fingerprint density at radius 3 is 2.25 bits per heavy atom. The van der Waals surface area contributed by atoms with Gasteiger partial charge in [0, 0.05) is 69.0 Å². The number of hydrogen-bond acceptors (Lipinski definition) is 5. The Morgan fingerprint density at radius 2 is 1.68 bits per heavy atom. The molecule has 0 atom stereocenters. The highest BCUT2D eigenvalue weighted by molar-refractivity contribution is 7.88. The van der Waals surface area contributed by atoms with Crippen LogP contribution in [0.3, 0.4) is 0 Å². The molecule has 156 valence electrons. The smallest absolute Gasteiger partial charge is 0.223 e. The molecule has 1 amide bonds. The Labute approximate surface area is 172 Å². The standard InChI is InChI=1S/C19H29ClN4O3S/c1-28(26,27)24-9-6-16(7-10-24)19(25)21-8-11-22-12-14-23(15-13-22)18-4-2-17(20)3-5-18/h2-5,16H,6-15H2,1H3,(H,21,25). The van der Waals surface area contributed by atoms with Crippen molar-refractivity contribution >= 4 is 33.2 Å². The minimum atomic E-state index is -3.15. The van der Waals surface area contributed by atoms with Gasteiger partial charge in [0.2, 0.25) is 15.9 Å². The van der Waals surface area contributed by atoms with Crippen molar-refractivity contribution < 1.29 is 13.2 Å². The minimum Gasteiger partial charge on any atom is -0.369 e. The molecule has 1 aromatic rings. The van der Waals surface area contributed by atoms with E-state index in [0.717, 1.165) is 37.7 Å². The zero-order valence-electron chi connectivity index (χ0n) is 16.3. The Hall–Kier alpha value is -1.35. The van der Waals surface area contributed by atoms with Crippen LogP contribution in [-0.2, 0) is 14.8 Å². The summed E-state index contributed by atoms with van der Waals surface area (Å²) in [6.45, 7) is 6.18. The van der Waals surface area contributed by atoms with E-state index in [2.05, 4.69) is 15.1 Å². The molecule has 28 heavy (non-hydrogen) atoms. The van der Waals surface area contributed by atoms with Gasteiger partial charge >= 0.3 is 0 Å². The molecule has 0 bridgehead atoms. The summed E-state index contributed by atoms with van der Waals surface area (Å²) >= 11 is 5.95. The van der Waals surface area contributed by atoms with E-state index in [0.29, 0.717) is 32.5 Å². The number of hydrogen-bond donors (Lipinski definition) is 1. The third kappa shape index (κ3) is 5.83. The molecule has 9 heteroatoms. The van der Waals surface area contributed by atoms with Crippen LogP contribution in [0.2, 0.25) is 5.02 Å². The number of anilines is 1. The van der Waals surface area contributed by atoms with Crippen LogP contribution in [0, 0.1) is 5.92 Å². The number of rotatable bonds is 6. The maximum atomic E-state index is 12.3. The van der Waals surface area contributed by atoms with E-state index in [1.807, 2.05) is 24.3 Å². The number of amides is 1. The number of benzene rings is 1. The summed E-state index contributed by atoms with van der Waals surface area (Å²) in [5.41, 5.74) is 1.19. The lowest BCUT2D eigenvalue weighted by Crippen LogP contribution is -2.49. The molecule has 1 aromatic carbocycles. The van der Waals surface area contributed by atoms with Crippen LogP contribution in [0.1, 0.15) is 12.8 Å². The van der Waals surface area contributed by atoms with E-state index < -0.39 is 10.0 Å². The fourth-order valence-corrected chi connectivity index (χ4v) is 4.81. The van der Waals surface area contributed by atoms with Crippen LogP contribution < -0.4 is 10.2 Å². The molecule has 0 spiro atoms. The molecule has 2 saturated heterocycles. The van der Waals surface area contributed by atoms with Gasteiger partial charge in [-0.3, -0.25) is 9.69 Å². The fourth-order valence-electron chi connectivity index (χ4n) is 3.81. The number of halogens is 1. The normalized spacial score (nSPS) is 20.3. The number of carbonyl (C=O) groups excluding carboxylic acids is 1. The van der Waals surface area contributed by atoms with Crippen LogP contribution in [0.4, 0.5) is 5.69 Å². The van der Waals surface area contributed by atoms with Gasteiger partial charge in [-0.25, -0.2) is 12.7 Å². The maximum absolute atomic E-state index is 12.3. The van der Waals surface area contributed by atoms with Gasteiger partial charge in [0.1, 0.15) is 0 Å². The lowest BCUT2D eigenvalue weighted by atomic mass is 9.97. The summed E-state index contributed by atoms with van der Waals surface area (Å²) in [7, 11) is -3.15. The predicted octanol–water partition coefficient (Wildman–Crippen LogP) is 1.25. The van der Waals surface area contributed by atoms with Crippen molar-refractivity contribution in [1.29, 1.82) is 0 Å². The van der Waals surface area contributed by atoms with E-state index in [4.69, 9.17) is 11.6 Å². The predicted molar refractivity (Wildman–Crippen MR) is 112 cm³/mol. The van der Waals surface area contributed by atoms with Gasteiger partial charge in [0.25, 0.3) is 0 Å². The van der Waals surface area contributed by atoms with Gasteiger partial charge < -0.3 is 10.2 Å². The minimum absolute atomic E-state index is 0.0490. The first-order chi connectivity index (χ1) is 13.3. The second-order valence-electron chi connectivity index (χ2n) is 7.53. The number of sulfonamides is 1. The molecule has 7 nitrogen and oxygen atoms in total. The molecule has 2 aliphatic rings. The second-order valence-corrected chi connectivity index (χ2v) is 9.95. The van der Waals surface area contributed by atoms with Crippen LogP contribution in [0.15, 0.2) is 24.3 Å². The maximum Gasteiger partial charge on any atom is 0.223 e. The summed E-state index contributed by atoms with van der Waals surface area (Å²) in [4.78, 5) is 17.1. The summed E-state index contributed by atoms with van der Waals surface area (Å²) in [5, 5.41) is 3.78. The molecule has 2 fully saturated rings. The zero-order valence-corrected chi connectivity index (χ0v) is 17.9. The first-order valence-electron chi connectivity index (χ1n) is 9.78. The van der Waals surface area contributed by atoms with Crippen LogP contribution in [-0.4, -0.2) is 82.1 Å². The average Bonchev–Trinajstić information content (AvgIpc) is 2.68. The van der Waals surface area contributed by atoms with Gasteiger partial charge in [0.05, 0.1) is 6.26 Å². The van der Waals surface area contributed by atoms with Gasteiger partial charge in [-0.05, 0) is 37.1 Å². The number of carbonyl (C=O) groups is 1. The number of piperazine rings is 1. The van der Waals surface area contributed by atoms with Crippen molar-refractivity contribution in [3.05, 3.63) is 29.3 Å². The lowest BCUT2D eigenvalue weighted by molar-refractivity contribution is -0.126. The van der Waals surface area contributed by atoms with E-state index >= 15 is 0 Å². The van der Waals surface area contributed by atoms with Crippen molar-refractivity contribution in [2.45, 2.75) is 12.8 Å². The molecule has 2 heterocycles. The number of nitrogens with one attached hydrogen (secondary N) is 1. The highest BCUT2D eigenvalue weighted by Crippen LogP contribution is 2.20. The monoisotopic (exact) mass is 428 g/mol. The summed E-state index contributed by atoms with van der Waals surface area (Å²) in [6.07, 6.45) is 2.41. The van der Waals surface area contributed by atoms with Crippen molar-refractivity contribution in [1.82, 2.24) is 14.5 Å². The quantitative estimate of drug-likeness (QED) is 0.738.